The molecule has 3 N–H and O–H groups in total. The maximum Gasteiger partial charge on any atom is 0.261 e. The molecule has 1 amide bonds. The standard InChI is InChI=1S/C31H36N4O2S/c1-31(2,3)24-10-11-25-22(16-24)15-23-17-27(38-30(23)35-25)29(37)34-26(13-14-32-4)20-7-5-19(6-8-20)21-9-12-28(36)33-18-21/h5-9,12,15,17-18,24,26,32H,10-11,13-14,16H2,1-4H3,(H,33,36)(H,34,37)/t24-,26?/m0/s1. The summed E-state index contributed by atoms with van der Waals surface area (Å²) in [5, 5.41) is 7.52. The van der Waals surface area contributed by atoms with Gasteiger partial charge in [0.05, 0.1) is 10.9 Å². The number of fused-ring (bicyclic) bond motifs is 2. The van der Waals surface area contributed by atoms with E-state index in [2.05, 4.69) is 42.5 Å². The topological polar surface area (TPSA) is 86.9 Å². The molecule has 3 aromatic heterocycles. The molecule has 0 radical (unpaired) electrons. The minimum atomic E-state index is -0.126. The number of carbonyl (C=O) groups excluding carboxylic acids is 1. The third-order valence-electron chi connectivity index (χ3n) is 7.74. The van der Waals surface area contributed by atoms with Crippen molar-refractivity contribution in [1.29, 1.82) is 0 Å². The molecule has 4 aromatic rings. The van der Waals surface area contributed by atoms with E-state index in [-0.39, 0.29) is 22.9 Å². The number of hydrogen-bond acceptors (Lipinski definition) is 5. The number of nitrogens with zero attached hydrogens (tertiary/aromatic N) is 1. The lowest BCUT2D eigenvalue weighted by atomic mass is 9.71. The molecule has 0 bridgehead atoms. The Labute approximate surface area is 227 Å². The first-order chi connectivity index (χ1) is 18.2. The maximum absolute atomic E-state index is 13.4. The Morgan fingerprint density at radius 3 is 2.58 bits per heavy atom. The van der Waals surface area contributed by atoms with Crippen molar-refractivity contribution in [3.05, 3.63) is 86.8 Å². The largest absolute Gasteiger partial charge is 0.344 e. The molecule has 7 heteroatoms. The molecule has 5 rings (SSSR count). The first kappa shape index (κ1) is 26.3. The highest BCUT2D eigenvalue weighted by Gasteiger charge is 2.30. The molecule has 3 heterocycles. The number of aromatic amines is 1. The highest BCUT2D eigenvalue weighted by Crippen LogP contribution is 2.38. The van der Waals surface area contributed by atoms with Crippen molar-refractivity contribution in [1.82, 2.24) is 20.6 Å². The van der Waals surface area contributed by atoms with Gasteiger partial charge in [-0.2, -0.15) is 0 Å². The van der Waals surface area contributed by atoms with Crippen LogP contribution in [0.1, 0.15) is 66.1 Å². The van der Waals surface area contributed by atoms with Gasteiger partial charge in [0.1, 0.15) is 4.83 Å². The van der Waals surface area contributed by atoms with E-state index in [9.17, 15) is 9.59 Å². The average molecular weight is 529 g/mol. The van der Waals surface area contributed by atoms with Gasteiger partial charge in [0.15, 0.2) is 0 Å². The number of H-pyrrole nitrogens is 1. The van der Waals surface area contributed by atoms with Crippen LogP contribution in [0.5, 0.6) is 0 Å². The molecule has 0 saturated carbocycles. The lowest BCUT2D eigenvalue weighted by Crippen LogP contribution is -2.30. The van der Waals surface area contributed by atoms with E-state index in [4.69, 9.17) is 4.98 Å². The van der Waals surface area contributed by atoms with Crippen LogP contribution >= 0.6 is 11.3 Å². The summed E-state index contributed by atoms with van der Waals surface area (Å²) >= 11 is 1.48. The Balaban J connectivity index is 1.35. The second-order valence-electron chi connectivity index (χ2n) is 11.4. The number of amides is 1. The van der Waals surface area contributed by atoms with Crippen molar-refractivity contribution in [3.8, 4) is 11.1 Å². The molecular weight excluding hydrogens is 492 g/mol. The number of aromatic nitrogens is 2. The Morgan fingerprint density at radius 2 is 1.89 bits per heavy atom. The fraction of sp³-hybridized carbons (Fsp3) is 0.387. The van der Waals surface area contributed by atoms with Gasteiger partial charge in [0, 0.05) is 23.3 Å². The SMILES string of the molecule is CNCCC(NC(=O)c1cc2cc3c(nc2s1)CC[C@H](C(C)(C)C)C3)c1ccc(-c2ccc(=O)[nH]c2)cc1. The van der Waals surface area contributed by atoms with Crippen LogP contribution < -0.4 is 16.2 Å². The van der Waals surface area contributed by atoms with E-state index in [0.717, 1.165) is 52.7 Å². The molecule has 1 unspecified atom stereocenters. The highest BCUT2D eigenvalue weighted by molar-refractivity contribution is 7.20. The van der Waals surface area contributed by atoms with E-state index in [1.54, 1.807) is 6.20 Å². The lowest BCUT2D eigenvalue weighted by molar-refractivity contribution is 0.0939. The molecule has 0 spiro atoms. The maximum atomic E-state index is 13.4. The minimum absolute atomic E-state index is 0.0654. The van der Waals surface area contributed by atoms with E-state index in [1.807, 2.05) is 43.4 Å². The van der Waals surface area contributed by atoms with Crippen LogP contribution in [0.25, 0.3) is 21.3 Å². The lowest BCUT2D eigenvalue weighted by Gasteiger charge is -2.34. The van der Waals surface area contributed by atoms with Gasteiger partial charge in [-0.15, -0.1) is 11.3 Å². The second kappa shape index (κ2) is 10.8. The Morgan fingerprint density at radius 1 is 1.13 bits per heavy atom. The molecule has 0 saturated heterocycles. The zero-order valence-electron chi connectivity index (χ0n) is 22.6. The number of benzene rings is 1. The van der Waals surface area contributed by atoms with Crippen molar-refractivity contribution >= 4 is 27.5 Å². The van der Waals surface area contributed by atoms with Crippen molar-refractivity contribution in [2.75, 3.05) is 13.6 Å². The van der Waals surface area contributed by atoms with Gasteiger partial charge < -0.3 is 15.6 Å². The summed E-state index contributed by atoms with van der Waals surface area (Å²) in [6.07, 6.45) is 5.72. The molecule has 0 fully saturated rings. The van der Waals surface area contributed by atoms with Crippen LogP contribution in [0.2, 0.25) is 0 Å². The zero-order chi connectivity index (χ0) is 26.9. The van der Waals surface area contributed by atoms with Crippen LogP contribution in [0.4, 0.5) is 0 Å². The van der Waals surface area contributed by atoms with Gasteiger partial charge in [0.25, 0.3) is 5.91 Å². The van der Waals surface area contributed by atoms with Gasteiger partial charge in [-0.3, -0.25) is 9.59 Å². The second-order valence-corrected chi connectivity index (χ2v) is 12.4. The molecule has 1 aliphatic rings. The smallest absolute Gasteiger partial charge is 0.261 e. The summed E-state index contributed by atoms with van der Waals surface area (Å²) in [6, 6.07) is 15.6. The summed E-state index contributed by atoms with van der Waals surface area (Å²) < 4.78 is 0. The van der Waals surface area contributed by atoms with Gasteiger partial charge in [0.2, 0.25) is 5.56 Å². The molecule has 1 aliphatic carbocycles. The number of rotatable bonds is 7. The normalized spacial score (nSPS) is 16.3. The summed E-state index contributed by atoms with van der Waals surface area (Å²) in [5.41, 5.74) is 5.70. The zero-order valence-corrected chi connectivity index (χ0v) is 23.4. The van der Waals surface area contributed by atoms with Crippen LogP contribution in [0.3, 0.4) is 0 Å². The Kier molecular flexibility index (Phi) is 7.50. The van der Waals surface area contributed by atoms with Gasteiger partial charge in [-0.05, 0) is 91.1 Å². The minimum Gasteiger partial charge on any atom is -0.344 e. The first-order valence-corrected chi connectivity index (χ1v) is 14.2. The van der Waals surface area contributed by atoms with Crippen LogP contribution in [-0.4, -0.2) is 29.5 Å². The predicted octanol–water partition coefficient (Wildman–Crippen LogP) is 5.88. The van der Waals surface area contributed by atoms with Crippen LogP contribution in [0.15, 0.2) is 59.5 Å². The Hall–Kier alpha value is -3.29. The monoisotopic (exact) mass is 528 g/mol. The number of hydrogen-bond donors (Lipinski definition) is 3. The number of thiophene rings is 1. The third kappa shape index (κ3) is 5.74. The molecule has 2 atom stereocenters. The summed E-state index contributed by atoms with van der Waals surface area (Å²) in [4.78, 5) is 34.1. The Bertz CT molecular complexity index is 1480. The third-order valence-corrected chi connectivity index (χ3v) is 8.78. The number of carbonyl (C=O) groups is 1. The molecule has 0 aliphatic heterocycles. The quantitative estimate of drug-likeness (QED) is 0.279. The fourth-order valence-corrected chi connectivity index (χ4v) is 6.25. The molecule has 38 heavy (non-hydrogen) atoms. The molecular formula is C31H36N4O2S. The van der Waals surface area contributed by atoms with Gasteiger partial charge >= 0.3 is 0 Å². The molecule has 6 nitrogen and oxygen atoms in total. The molecule has 198 valence electrons. The van der Waals surface area contributed by atoms with Crippen molar-refractivity contribution in [3.63, 3.8) is 0 Å². The fourth-order valence-electron chi connectivity index (χ4n) is 5.31. The van der Waals surface area contributed by atoms with Crippen molar-refractivity contribution in [2.45, 2.75) is 52.5 Å². The van der Waals surface area contributed by atoms with E-state index < -0.39 is 0 Å². The van der Waals surface area contributed by atoms with E-state index >= 15 is 0 Å². The van der Waals surface area contributed by atoms with Crippen molar-refractivity contribution < 1.29 is 4.79 Å². The van der Waals surface area contributed by atoms with E-state index in [1.165, 1.54) is 35.1 Å². The summed E-state index contributed by atoms with van der Waals surface area (Å²) in [5.74, 6) is 0.587. The first-order valence-electron chi connectivity index (χ1n) is 13.4. The van der Waals surface area contributed by atoms with Crippen molar-refractivity contribution in [2.24, 2.45) is 11.3 Å². The summed E-state index contributed by atoms with van der Waals surface area (Å²) in [6.45, 7) is 7.75. The number of pyridine rings is 2. The highest BCUT2D eigenvalue weighted by atomic mass is 32.1. The number of aryl methyl sites for hydroxylation is 1. The summed E-state index contributed by atoms with van der Waals surface area (Å²) in [7, 11) is 1.92. The molecule has 1 aromatic carbocycles. The van der Waals surface area contributed by atoms with Crippen LogP contribution in [0, 0.1) is 11.3 Å². The van der Waals surface area contributed by atoms with Crippen LogP contribution in [-0.2, 0) is 12.8 Å². The number of nitrogens with one attached hydrogen (secondary N) is 3. The average Bonchev–Trinajstić information content (AvgIpc) is 3.32. The van der Waals surface area contributed by atoms with Gasteiger partial charge in [-0.25, -0.2) is 4.98 Å². The predicted molar refractivity (Wildman–Crippen MR) is 156 cm³/mol. The van der Waals surface area contributed by atoms with Gasteiger partial charge in [-0.1, -0.05) is 45.0 Å². The van der Waals surface area contributed by atoms with E-state index in [0.29, 0.717) is 10.8 Å².